The van der Waals surface area contributed by atoms with Crippen molar-refractivity contribution in [2.45, 2.75) is 26.4 Å². The van der Waals surface area contributed by atoms with Gasteiger partial charge in [0.1, 0.15) is 11.6 Å². The van der Waals surface area contributed by atoms with Crippen molar-refractivity contribution < 1.29 is 5.11 Å². The molecule has 0 amide bonds. The average Bonchev–Trinajstić information content (AvgIpc) is 2.46. The molecule has 1 atom stereocenters. The number of nitrogens with zero attached hydrogens (tertiary/aromatic N) is 3. The summed E-state index contributed by atoms with van der Waals surface area (Å²) >= 11 is 0. The van der Waals surface area contributed by atoms with E-state index in [2.05, 4.69) is 15.0 Å². The molecule has 0 unspecified atom stereocenters. The van der Waals surface area contributed by atoms with Crippen LogP contribution in [0.2, 0.25) is 0 Å². The SMILES string of the molecule is CCc1cc(=O)[nH]c(-c2ccc(N(C)C[C@H](C)O)nc2)n1. The first-order chi connectivity index (χ1) is 9.99. The first-order valence-electron chi connectivity index (χ1n) is 6.95. The molecule has 0 aliphatic rings. The number of aromatic amines is 1. The Morgan fingerprint density at radius 1 is 1.43 bits per heavy atom. The average molecular weight is 288 g/mol. The number of anilines is 1. The van der Waals surface area contributed by atoms with Gasteiger partial charge in [0.25, 0.3) is 5.56 Å². The highest BCUT2D eigenvalue weighted by atomic mass is 16.3. The van der Waals surface area contributed by atoms with E-state index in [1.807, 2.05) is 31.0 Å². The fraction of sp³-hybridized carbons (Fsp3) is 0.400. The summed E-state index contributed by atoms with van der Waals surface area (Å²) in [6.07, 6.45) is 1.96. The van der Waals surface area contributed by atoms with Crippen LogP contribution in [0, 0.1) is 0 Å². The van der Waals surface area contributed by atoms with Crippen molar-refractivity contribution in [3.8, 4) is 11.4 Å². The molecule has 0 aliphatic carbocycles. The Bertz CT molecular complexity index is 649. The molecule has 21 heavy (non-hydrogen) atoms. The fourth-order valence-electron chi connectivity index (χ4n) is 2.07. The highest BCUT2D eigenvalue weighted by Crippen LogP contribution is 2.16. The van der Waals surface area contributed by atoms with E-state index in [1.54, 1.807) is 13.1 Å². The molecule has 6 nitrogen and oxygen atoms in total. The van der Waals surface area contributed by atoms with Crippen LogP contribution in [-0.4, -0.2) is 39.8 Å². The quantitative estimate of drug-likeness (QED) is 0.864. The van der Waals surface area contributed by atoms with Crippen LogP contribution in [-0.2, 0) is 6.42 Å². The maximum absolute atomic E-state index is 11.6. The Morgan fingerprint density at radius 3 is 2.76 bits per heavy atom. The molecular formula is C15H20N4O2. The maximum Gasteiger partial charge on any atom is 0.251 e. The van der Waals surface area contributed by atoms with Crippen LogP contribution in [0.4, 0.5) is 5.82 Å². The van der Waals surface area contributed by atoms with Crippen molar-refractivity contribution in [2.75, 3.05) is 18.5 Å². The lowest BCUT2D eigenvalue weighted by Gasteiger charge is -2.19. The zero-order valence-electron chi connectivity index (χ0n) is 12.5. The first kappa shape index (κ1) is 15.2. The molecule has 112 valence electrons. The molecule has 0 bridgehead atoms. The van der Waals surface area contributed by atoms with E-state index in [0.29, 0.717) is 18.8 Å². The van der Waals surface area contributed by atoms with Crippen LogP contribution in [0.1, 0.15) is 19.5 Å². The van der Waals surface area contributed by atoms with Gasteiger partial charge in [0.15, 0.2) is 0 Å². The summed E-state index contributed by atoms with van der Waals surface area (Å²) in [5, 5.41) is 9.39. The highest BCUT2D eigenvalue weighted by molar-refractivity contribution is 5.56. The molecular weight excluding hydrogens is 268 g/mol. The van der Waals surface area contributed by atoms with E-state index in [4.69, 9.17) is 0 Å². The number of hydrogen-bond acceptors (Lipinski definition) is 5. The molecule has 2 heterocycles. The number of likely N-dealkylation sites (N-methyl/N-ethyl adjacent to an activating group) is 1. The predicted molar refractivity (Wildman–Crippen MR) is 82.4 cm³/mol. The van der Waals surface area contributed by atoms with E-state index in [1.165, 1.54) is 6.07 Å². The molecule has 2 aromatic heterocycles. The van der Waals surface area contributed by atoms with Crippen LogP contribution in [0.3, 0.4) is 0 Å². The van der Waals surface area contributed by atoms with Crippen LogP contribution in [0.25, 0.3) is 11.4 Å². The standard InChI is InChI=1S/C15H20N4O2/c1-4-12-7-14(21)18-15(17-12)11-5-6-13(16-8-11)19(3)9-10(2)20/h5-8,10,20H,4,9H2,1-3H3,(H,17,18,21)/t10-/m0/s1. The number of aliphatic hydroxyl groups excluding tert-OH is 1. The van der Waals surface area contributed by atoms with Gasteiger partial charge in [0.05, 0.1) is 6.10 Å². The summed E-state index contributed by atoms with van der Waals surface area (Å²) in [7, 11) is 1.87. The molecule has 0 saturated heterocycles. The number of aryl methyl sites for hydroxylation is 1. The van der Waals surface area contributed by atoms with Gasteiger partial charge in [-0.2, -0.15) is 0 Å². The molecule has 6 heteroatoms. The number of H-pyrrole nitrogens is 1. The van der Waals surface area contributed by atoms with Crippen LogP contribution < -0.4 is 10.5 Å². The summed E-state index contributed by atoms with van der Waals surface area (Å²) in [4.78, 5) is 24.9. The number of pyridine rings is 1. The monoisotopic (exact) mass is 288 g/mol. The Balaban J connectivity index is 2.26. The molecule has 0 fully saturated rings. The second-order valence-electron chi connectivity index (χ2n) is 5.07. The number of hydrogen-bond donors (Lipinski definition) is 2. The second-order valence-corrected chi connectivity index (χ2v) is 5.07. The van der Waals surface area contributed by atoms with E-state index < -0.39 is 6.10 Å². The molecule has 0 aliphatic heterocycles. The smallest absolute Gasteiger partial charge is 0.251 e. The number of aliphatic hydroxyl groups is 1. The zero-order chi connectivity index (χ0) is 15.4. The molecule has 2 N–H and O–H groups in total. The lowest BCUT2D eigenvalue weighted by molar-refractivity contribution is 0.201. The Kier molecular flexibility index (Phi) is 4.70. The van der Waals surface area contributed by atoms with Crippen molar-refractivity contribution in [3.63, 3.8) is 0 Å². The van der Waals surface area contributed by atoms with Gasteiger partial charge in [-0.3, -0.25) is 4.79 Å². The third kappa shape index (κ3) is 3.88. The van der Waals surface area contributed by atoms with Crippen LogP contribution >= 0.6 is 0 Å². The van der Waals surface area contributed by atoms with Crippen molar-refractivity contribution >= 4 is 5.82 Å². The van der Waals surface area contributed by atoms with Crippen LogP contribution in [0.5, 0.6) is 0 Å². The second kappa shape index (κ2) is 6.49. The van der Waals surface area contributed by atoms with Gasteiger partial charge in [0, 0.05) is 37.1 Å². The summed E-state index contributed by atoms with van der Waals surface area (Å²) in [6, 6.07) is 5.20. The van der Waals surface area contributed by atoms with E-state index in [0.717, 1.165) is 17.1 Å². The molecule has 2 aromatic rings. The largest absolute Gasteiger partial charge is 0.392 e. The zero-order valence-corrected chi connectivity index (χ0v) is 12.5. The molecule has 2 rings (SSSR count). The van der Waals surface area contributed by atoms with Gasteiger partial charge >= 0.3 is 0 Å². The molecule has 0 saturated carbocycles. The molecule has 0 aromatic carbocycles. The van der Waals surface area contributed by atoms with Crippen molar-refractivity contribution in [1.82, 2.24) is 15.0 Å². The Hall–Kier alpha value is -2.21. The summed E-state index contributed by atoms with van der Waals surface area (Å²) in [5.74, 6) is 1.28. The van der Waals surface area contributed by atoms with Crippen molar-refractivity contribution in [3.05, 3.63) is 40.4 Å². The Labute approximate surface area is 123 Å². The molecule has 0 spiro atoms. The van der Waals surface area contributed by atoms with Gasteiger partial charge in [-0.25, -0.2) is 9.97 Å². The lowest BCUT2D eigenvalue weighted by atomic mass is 10.2. The van der Waals surface area contributed by atoms with Gasteiger partial charge in [0.2, 0.25) is 0 Å². The minimum absolute atomic E-state index is 0.160. The first-order valence-corrected chi connectivity index (χ1v) is 6.95. The van der Waals surface area contributed by atoms with Gasteiger partial charge in [-0.1, -0.05) is 6.92 Å². The van der Waals surface area contributed by atoms with Gasteiger partial charge < -0.3 is 15.0 Å². The minimum atomic E-state index is -0.421. The highest BCUT2D eigenvalue weighted by Gasteiger charge is 2.08. The Morgan fingerprint density at radius 2 is 2.19 bits per heavy atom. The van der Waals surface area contributed by atoms with Crippen LogP contribution in [0.15, 0.2) is 29.2 Å². The number of aromatic nitrogens is 3. The summed E-state index contributed by atoms with van der Waals surface area (Å²) in [6.45, 7) is 4.19. The topological polar surface area (TPSA) is 82.1 Å². The third-order valence-corrected chi connectivity index (χ3v) is 3.11. The number of nitrogens with one attached hydrogen (secondary N) is 1. The normalized spacial score (nSPS) is 12.2. The lowest BCUT2D eigenvalue weighted by Crippen LogP contribution is -2.27. The summed E-state index contributed by atoms with van der Waals surface area (Å²) < 4.78 is 0. The van der Waals surface area contributed by atoms with Gasteiger partial charge in [-0.15, -0.1) is 0 Å². The fourth-order valence-corrected chi connectivity index (χ4v) is 2.07. The minimum Gasteiger partial charge on any atom is -0.392 e. The van der Waals surface area contributed by atoms with Gasteiger partial charge in [-0.05, 0) is 25.5 Å². The summed E-state index contributed by atoms with van der Waals surface area (Å²) in [5.41, 5.74) is 1.35. The maximum atomic E-state index is 11.6. The van der Waals surface area contributed by atoms with E-state index in [9.17, 15) is 9.90 Å². The third-order valence-electron chi connectivity index (χ3n) is 3.11. The van der Waals surface area contributed by atoms with Crippen molar-refractivity contribution in [1.29, 1.82) is 0 Å². The van der Waals surface area contributed by atoms with E-state index in [-0.39, 0.29) is 5.56 Å². The molecule has 0 radical (unpaired) electrons. The van der Waals surface area contributed by atoms with E-state index >= 15 is 0 Å². The number of rotatable bonds is 5. The predicted octanol–water partition coefficient (Wildman–Crippen LogP) is 1.21. The van der Waals surface area contributed by atoms with Crippen molar-refractivity contribution in [2.24, 2.45) is 0 Å².